The van der Waals surface area contributed by atoms with Gasteiger partial charge >= 0.3 is 0 Å². The van der Waals surface area contributed by atoms with Gasteiger partial charge in [0.05, 0.1) is 0 Å². The van der Waals surface area contributed by atoms with Crippen LogP contribution in [0.4, 0.5) is 0 Å². The topological polar surface area (TPSA) is 20.2 Å². The number of aliphatic hydroxyl groups is 1. The molecule has 0 spiro atoms. The first-order chi connectivity index (χ1) is 5.00. The van der Waals surface area contributed by atoms with E-state index in [-0.39, 0.29) is 5.41 Å². The first-order valence-corrected chi connectivity index (χ1v) is 4.26. The quantitative estimate of drug-likeness (QED) is 0.605. The molecule has 1 heteroatoms. The van der Waals surface area contributed by atoms with Gasteiger partial charge in [0.2, 0.25) is 0 Å². The Morgan fingerprint density at radius 1 is 1.64 bits per heavy atom. The highest BCUT2D eigenvalue weighted by atomic mass is 16.3. The molecule has 0 radical (unpaired) electrons. The van der Waals surface area contributed by atoms with Crippen molar-refractivity contribution in [1.29, 1.82) is 0 Å². The van der Waals surface area contributed by atoms with Crippen molar-refractivity contribution in [3.63, 3.8) is 0 Å². The summed E-state index contributed by atoms with van der Waals surface area (Å²) in [5.41, 5.74) is 1.54. The van der Waals surface area contributed by atoms with Crippen LogP contribution < -0.4 is 0 Å². The summed E-state index contributed by atoms with van der Waals surface area (Å²) in [6, 6.07) is 0. The van der Waals surface area contributed by atoms with Crippen LogP contribution >= 0.6 is 0 Å². The van der Waals surface area contributed by atoms with Crippen molar-refractivity contribution in [2.45, 2.75) is 27.2 Å². The number of hydrogen-bond acceptors (Lipinski definition) is 1. The molecule has 0 aromatic rings. The third-order valence-corrected chi connectivity index (χ3v) is 3.29. The fourth-order valence-electron chi connectivity index (χ4n) is 2.16. The molecule has 0 heterocycles. The van der Waals surface area contributed by atoms with Crippen LogP contribution in [0.25, 0.3) is 0 Å². The Bertz CT molecular complexity index is 170. The second kappa shape index (κ2) is 2.63. The highest BCUT2D eigenvalue weighted by Gasteiger charge is 2.47. The Hall–Kier alpha value is -0.300. The SMILES string of the molecule is C=C(C)C1CC(CO)C1(C)C. The maximum Gasteiger partial charge on any atom is 0.0464 e. The van der Waals surface area contributed by atoms with Crippen molar-refractivity contribution in [3.8, 4) is 0 Å². The average molecular weight is 154 g/mol. The van der Waals surface area contributed by atoms with Gasteiger partial charge in [-0.3, -0.25) is 0 Å². The van der Waals surface area contributed by atoms with E-state index in [0.717, 1.165) is 6.42 Å². The summed E-state index contributed by atoms with van der Waals surface area (Å²) in [6.45, 7) is 10.8. The van der Waals surface area contributed by atoms with Gasteiger partial charge in [-0.15, -0.1) is 0 Å². The largest absolute Gasteiger partial charge is 0.396 e. The summed E-state index contributed by atoms with van der Waals surface area (Å²) in [5, 5.41) is 8.99. The van der Waals surface area contributed by atoms with Crippen LogP contribution in [0, 0.1) is 17.3 Å². The minimum atomic E-state index is 0.278. The molecule has 0 aliphatic heterocycles. The van der Waals surface area contributed by atoms with Crippen LogP contribution in [0.3, 0.4) is 0 Å². The molecule has 2 unspecified atom stereocenters. The van der Waals surface area contributed by atoms with Crippen molar-refractivity contribution in [1.82, 2.24) is 0 Å². The number of aliphatic hydroxyl groups excluding tert-OH is 1. The number of allylic oxidation sites excluding steroid dienone is 1. The van der Waals surface area contributed by atoms with E-state index in [1.165, 1.54) is 5.57 Å². The van der Waals surface area contributed by atoms with Gasteiger partial charge in [0, 0.05) is 6.61 Å². The summed E-state index contributed by atoms with van der Waals surface area (Å²) in [7, 11) is 0. The zero-order valence-corrected chi connectivity index (χ0v) is 7.72. The standard InChI is InChI=1S/C10H18O/c1-7(2)9-5-8(6-11)10(9,3)4/h8-9,11H,1,5-6H2,2-4H3. The molecule has 1 aliphatic rings. The molecule has 1 N–H and O–H groups in total. The molecular formula is C10H18O. The second-order valence-corrected chi connectivity index (χ2v) is 4.34. The van der Waals surface area contributed by atoms with Crippen LogP contribution in [0.1, 0.15) is 27.2 Å². The van der Waals surface area contributed by atoms with Crippen LogP contribution in [0.5, 0.6) is 0 Å². The van der Waals surface area contributed by atoms with E-state index in [4.69, 9.17) is 5.11 Å². The summed E-state index contributed by atoms with van der Waals surface area (Å²) in [4.78, 5) is 0. The molecule has 11 heavy (non-hydrogen) atoms. The van der Waals surface area contributed by atoms with E-state index in [1.807, 2.05) is 0 Å². The van der Waals surface area contributed by atoms with E-state index < -0.39 is 0 Å². The summed E-state index contributed by atoms with van der Waals surface area (Å²) in [6.07, 6.45) is 1.12. The third kappa shape index (κ3) is 1.22. The Balaban J connectivity index is 2.61. The summed E-state index contributed by atoms with van der Waals surface area (Å²) >= 11 is 0. The molecule has 1 fully saturated rings. The van der Waals surface area contributed by atoms with Crippen LogP contribution in [-0.2, 0) is 0 Å². The molecule has 1 aliphatic carbocycles. The fraction of sp³-hybridized carbons (Fsp3) is 0.800. The van der Waals surface area contributed by atoms with Gasteiger partial charge in [-0.25, -0.2) is 0 Å². The van der Waals surface area contributed by atoms with Gasteiger partial charge in [0.1, 0.15) is 0 Å². The van der Waals surface area contributed by atoms with Gasteiger partial charge in [-0.2, -0.15) is 0 Å². The lowest BCUT2D eigenvalue weighted by Gasteiger charge is -2.52. The van der Waals surface area contributed by atoms with Crippen molar-refractivity contribution >= 4 is 0 Å². The van der Waals surface area contributed by atoms with Crippen molar-refractivity contribution in [2.24, 2.45) is 17.3 Å². The van der Waals surface area contributed by atoms with Crippen molar-refractivity contribution in [3.05, 3.63) is 12.2 Å². The maximum absolute atomic E-state index is 8.99. The highest BCUT2D eigenvalue weighted by molar-refractivity contribution is 5.11. The fourth-order valence-corrected chi connectivity index (χ4v) is 2.16. The molecule has 1 rings (SSSR count). The molecule has 0 amide bonds. The third-order valence-electron chi connectivity index (χ3n) is 3.29. The first kappa shape index (κ1) is 8.79. The zero-order valence-electron chi connectivity index (χ0n) is 7.72. The Morgan fingerprint density at radius 3 is 2.45 bits per heavy atom. The predicted molar refractivity (Wildman–Crippen MR) is 47.3 cm³/mol. The molecule has 0 saturated heterocycles. The Morgan fingerprint density at radius 2 is 2.18 bits per heavy atom. The van der Waals surface area contributed by atoms with Crippen LogP contribution in [0.2, 0.25) is 0 Å². The van der Waals surface area contributed by atoms with E-state index >= 15 is 0 Å². The van der Waals surface area contributed by atoms with Crippen molar-refractivity contribution < 1.29 is 5.11 Å². The molecule has 2 atom stereocenters. The monoisotopic (exact) mass is 154 g/mol. The zero-order chi connectivity index (χ0) is 8.65. The summed E-state index contributed by atoms with van der Waals surface area (Å²) < 4.78 is 0. The van der Waals surface area contributed by atoms with Crippen LogP contribution in [0.15, 0.2) is 12.2 Å². The van der Waals surface area contributed by atoms with Gasteiger partial charge in [-0.1, -0.05) is 26.0 Å². The number of rotatable bonds is 2. The molecule has 0 aromatic carbocycles. The minimum Gasteiger partial charge on any atom is -0.396 e. The Labute approximate surface area is 69.1 Å². The van der Waals surface area contributed by atoms with Gasteiger partial charge in [-0.05, 0) is 30.6 Å². The smallest absolute Gasteiger partial charge is 0.0464 e. The second-order valence-electron chi connectivity index (χ2n) is 4.34. The van der Waals surface area contributed by atoms with Gasteiger partial charge < -0.3 is 5.11 Å². The van der Waals surface area contributed by atoms with E-state index in [2.05, 4.69) is 27.4 Å². The molecule has 0 aromatic heterocycles. The minimum absolute atomic E-state index is 0.278. The Kier molecular flexibility index (Phi) is 2.10. The molecule has 1 saturated carbocycles. The first-order valence-electron chi connectivity index (χ1n) is 4.26. The van der Waals surface area contributed by atoms with E-state index in [1.54, 1.807) is 0 Å². The lowest BCUT2D eigenvalue weighted by molar-refractivity contribution is -0.0315. The maximum atomic E-state index is 8.99. The molecule has 1 nitrogen and oxygen atoms in total. The summed E-state index contributed by atoms with van der Waals surface area (Å²) in [5.74, 6) is 1.11. The highest BCUT2D eigenvalue weighted by Crippen LogP contribution is 2.53. The molecular weight excluding hydrogens is 136 g/mol. The normalized spacial score (nSPS) is 34.5. The lowest BCUT2D eigenvalue weighted by atomic mass is 9.53. The van der Waals surface area contributed by atoms with Gasteiger partial charge in [0.15, 0.2) is 0 Å². The average Bonchev–Trinajstić information content (AvgIpc) is 1.85. The number of hydrogen-bond donors (Lipinski definition) is 1. The van der Waals surface area contributed by atoms with Crippen LogP contribution in [-0.4, -0.2) is 11.7 Å². The predicted octanol–water partition coefficient (Wildman–Crippen LogP) is 2.22. The van der Waals surface area contributed by atoms with Crippen molar-refractivity contribution in [2.75, 3.05) is 6.61 Å². The van der Waals surface area contributed by atoms with Gasteiger partial charge in [0.25, 0.3) is 0 Å². The van der Waals surface area contributed by atoms with E-state index in [9.17, 15) is 0 Å². The molecule has 64 valence electrons. The lowest BCUT2D eigenvalue weighted by Crippen LogP contribution is -2.46. The van der Waals surface area contributed by atoms with E-state index in [0.29, 0.717) is 18.4 Å². The molecule has 0 bridgehead atoms.